The van der Waals surface area contributed by atoms with Crippen molar-refractivity contribution < 1.29 is 23.9 Å². The van der Waals surface area contributed by atoms with E-state index in [2.05, 4.69) is 5.32 Å². The molecule has 1 N–H and O–H groups in total. The molecule has 0 atom stereocenters. The zero-order chi connectivity index (χ0) is 21.1. The van der Waals surface area contributed by atoms with Crippen molar-refractivity contribution in [2.24, 2.45) is 0 Å². The van der Waals surface area contributed by atoms with Crippen LogP contribution in [0.25, 0.3) is 0 Å². The van der Waals surface area contributed by atoms with E-state index in [1.807, 2.05) is 19.1 Å². The number of nitrogens with one attached hydrogen (secondary N) is 1. The normalized spacial score (nSPS) is 10.9. The van der Waals surface area contributed by atoms with Crippen LogP contribution in [-0.4, -0.2) is 24.3 Å². The summed E-state index contributed by atoms with van der Waals surface area (Å²) in [5, 5.41) is 2.98. The first-order valence-electron chi connectivity index (χ1n) is 9.53. The van der Waals surface area contributed by atoms with E-state index in [0.29, 0.717) is 23.2 Å². The Bertz CT molecular complexity index is 854. The standard InChI is InChI=1S/C23H25NO5/c1-3-10-21(25)19(23(27)28-4-2)15-24-20-14-9-8-13-18(20)16-29-22(26)17-11-6-5-7-12-17/h5-9,11-15,24H,3-4,10,16H2,1-2H3/b19-15-. The van der Waals surface area contributed by atoms with Gasteiger partial charge in [0, 0.05) is 23.9 Å². The molecule has 0 aromatic heterocycles. The quantitative estimate of drug-likeness (QED) is 0.280. The number of ketones is 1. The predicted octanol–water partition coefficient (Wildman–Crippen LogP) is 4.27. The van der Waals surface area contributed by atoms with E-state index in [0.717, 1.165) is 0 Å². The van der Waals surface area contributed by atoms with Gasteiger partial charge in [-0.1, -0.05) is 43.3 Å². The Kier molecular flexibility index (Phi) is 8.63. The summed E-state index contributed by atoms with van der Waals surface area (Å²) in [6.07, 6.45) is 2.23. The van der Waals surface area contributed by atoms with Crippen molar-refractivity contribution in [3.05, 3.63) is 77.5 Å². The van der Waals surface area contributed by atoms with Crippen LogP contribution in [0, 0.1) is 0 Å². The first-order valence-corrected chi connectivity index (χ1v) is 9.53. The lowest BCUT2D eigenvalue weighted by molar-refractivity contribution is -0.140. The van der Waals surface area contributed by atoms with Crippen molar-refractivity contribution in [2.45, 2.75) is 33.3 Å². The molecule has 0 fully saturated rings. The number of benzene rings is 2. The number of carbonyl (C=O) groups is 3. The molecular weight excluding hydrogens is 370 g/mol. The first kappa shape index (κ1) is 21.9. The van der Waals surface area contributed by atoms with E-state index in [1.165, 1.54) is 6.20 Å². The third-order valence-corrected chi connectivity index (χ3v) is 4.03. The van der Waals surface area contributed by atoms with E-state index < -0.39 is 11.9 Å². The number of ether oxygens (including phenoxy) is 2. The molecule has 6 nitrogen and oxygen atoms in total. The van der Waals surface area contributed by atoms with Gasteiger partial charge in [0.2, 0.25) is 0 Å². The molecule has 0 aliphatic rings. The molecule has 0 heterocycles. The summed E-state index contributed by atoms with van der Waals surface area (Å²) in [5.74, 6) is -1.38. The Morgan fingerprint density at radius 3 is 2.31 bits per heavy atom. The minimum absolute atomic E-state index is 0.0372. The predicted molar refractivity (Wildman–Crippen MR) is 110 cm³/mol. The third-order valence-electron chi connectivity index (χ3n) is 4.03. The van der Waals surface area contributed by atoms with Gasteiger partial charge in [-0.15, -0.1) is 0 Å². The molecule has 2 aromatic rings. The van der Waals surface area contributed by atoms with Gasteiger partial charge >= 0.3 is 11.9 Å². The van der Waals surface area contributed by atoms with Crippen LogP contribution < -0.4 is 5.32 Å². The highest BCUT2D eigenvalue weighted by Gasteiger charge is 2.19. The maximum atomic E-state index is 12.3. The van der Waals surface area contributed by atoms with Crippen LogP contribution in [0.1, 0.15) is 42.6 Å². The van der Waals surface area contributed by atoms with Crippen LogP contribution in [0.3, 0.4) is 0 Å². The van der Waals surface area contributed by atoms with Crippen molar-refractivity contribution in [3.8, 4) is 0 Å². The van der Waals surface area contributed by atoms with E-state index in [1.54, 1.807) is 49.4 Å². The Balaban J connectivity index is 2.13. The summed E-state index contributed by atoms with van der Waals surface area (Å²) < 4.78 is 10.4. The molecule has 0 saturated heterocycles. The maximum Gasteiger partial charge on any atom is 0.343 e. The van der Waals surface area contributed by atoms with Crippen LogP contribution >= 0.6 is 0 Å². The lowest BCUT2D eigenvalue weighted by Crippen LogP contribution is -2.17. The van der Waals surface area contributed by atoms with Crippen LogP contribution in [0.4, 0.5) is 5.69 Å². The number of anilines is 1. The first-order chi connectivity index (χ1) is 14.1. The van der Waals surface area contributed by atoms with Crippen LogP contribution in [0.2, 0.25) is 0 Å². The largest absolute Gasteiger partial charge is 0.462 e. The molecule has 0 unspecified atom stereocenters. The Morgan fingerprint density at radius 1 is 0.931 bits per heavy atom. The monoisotopic (exact) mass is 395 g/mol. The van der Waals surface area contributed by atoms with E-state index in [-0.39, 0.29) is 31.0 Å². The van der Waals surface area contributed by atoms with Gasteiger partial charge in [-0.05, 0) is 31.5 Å². The number of Topliss-reactive ketones (excluding diaryl/α,β-unsaturated/α-hetero) is 1. The van der Waals surface area contributed by atoms with Crippen molar-refractivity contribution in [3.63, 3.8) is 0 Å². The number of esters is 2. The fourth-order valence-corrected chi connectivity index (χ4v) is 2.56. The molecule has 0 saturated carbocycles. The molecule has 0 bridgehead atoms. The second-order valence-corrected chi connectivity index (χ2v) is 6.20. The highest BCUT2D eigenvalue weighted by molar-refractivity contribution is 6.17. The number of hydrogen-bond acceptors (Lipinski definition) is 6. The van der Waals surface area contributed by atoms with Gasteiger partial charge in [-0.3, -0.25) is 4.79 Å². The number of rotatable bonds is 10. The van der Waals surface area contributed by atoms with Crippen LogP contribution in [0.5, 0.6) is 0 Å². The second kappa shape index (κ2) is 11.4. The summed E-state index contributed by atoms with van der Waals surface area (Å²) in [6, 6.07) is 15.9. The lowest BCUT2D eigenvalue weighted by Gasteiger charge is -2.12. The van der Waals surface area contributed by atoms with E-state index in [9.17, 15) is 14.4 Å². The summed E-state index contributed by atoms with van der Waals surface area (Å²) >= 11 is 0. The zero-order valence-corrected chi connectivity index (χ0v) is 16.6. The van der Waals surface area contributed by atoms with Crippen LogP contribution in [0.15, 0.2) is 66.4 Å². The highest BCUT2D eigenvalue weighted by Crippen LogP contribution is 2.18. The van der Waals surface area contributed by atoms with Gasteiger partial charge in [-0.2, -0.15) is 0 Å². The van der Waals surface area contributed by atoms with Crippen molar-refractivity contribution in [1.29, 1.82) is 0 Å². The van der Waals surface area contributed by atoms with Gasteiger partial charge in [0.1, 0.15) is 12.2 Å². The molecule has 2 rings (SSSR count). The third kappa shape index (κ3) is 6.60. The minimum Gasteiger partial charge on any atom is -0.462 e. The number of carbonyl (C=O) groups excluding carboxylic acids is 3. The van der Waals surface area contributed by atoms with Crippen molar-refractivity contribution in [1.82, 2.24) is 0 Å². The van der Waals surface area contributed by atoms with Crippen molar-refractivity contribution >= 4 is 23.4 Å². The smallest absolute Gasteiger partial charge is 0.343 e. The Labute approximate surface area is 170 Å². The average Bonchev–Trinajstić information content (AvgIpc) is 2.74. The molecule has 29 heavy (non-hydrogen) atoms. The molecule has 0 radical (unpaired) electrons. The summed E-state index contributed by atoms with van der Waals surface area (Å²) in [7, 11) is 0. The van der Waals surface area contributed by atoms with E-state index >= 15 is 0 Å². The lowest BCUT2D eigenvalue weighted by atomic mass is 10.1. The van der Waals surface area contributed by atoms with Crippen LogP contribution in [-0.2, 0) is 25.7 Å². The van der Waals surface area contributed by atoms with E-state index in [4.69, 9.17) is 9.47 Å². The molecule has 0 amide bonds. The number of para-hydroxylation sites is 1. The second-order valence-electron chi connectivity index (χ2n) is 6.20. The molecule has 6 heteroatoms. The topological polar surface area (TPSA) is 81.7 Å². The fraction of sp³-hybridized carbons (Fsp3) is 0.261. The van der Waals surface area contributed by atoms with Crippen molar-refractivity contribution in [2.75, 3.05) is 11.9 Å². The maximum absolute atomic E-state index is 12.3. The van der Waals surface area contributed by atoms with Gasteiger partial charge in [-0.25, -0.2) is 9.59 Å². The Hall–Kier alpha value is -3.41. The average molecular weight is 395 g/mol. The molecule has 0 aliphatic heterocycles. The number of hydrogen-bond donors (Lipinski definition) is 1. The van der Waals surface area contributed by atoms with Gasteiger partial charge in [0.15, 0.2) is 5.78 Å². The summed E-state index contributed by atoms with van der Waals surface area (Å²) in [5.41, 5.74) is 1.76. The molecule has 0 aliphatic carbocycles. The minimum atomic E-state index is -0.661. The molecule has 0 spiro atoms. The molecule has 152 valence electrons. The highest BCUT2D eigenvalue weighted by atomic mass is 16.5. The van der Waals surface area contributed by atoms with Gasteiger partial charge in [0.05, 0.1) is 12.2 Å². The van der Waals surface area contributed by atoms with Gasteiger partial charge < -0.3 is 14.8 Å². The Morgan fingerprint density at radius 2 is 1.62 bits per heavy atom. The SMILES string of the molecule is CCCC(=O)/C(=C/Nc1ccccc1COC(=O)c1ccccc1)C(=O)OCC. The summed E-state index contributed by atoms with van der Waals surface area (Å²) in [6.45, 7) is 3.78. The van der Waals surface area contributed by atoms with Gasteiger partial charge in [0.25, 0.3) is 0 Å². The fourth-order valence-electron chi connectivity index (χ4n) is 2.56. The summed E-state index contributed by atoms with van der Waals surface area (Å²) in [4.78, 5) is 36.5. The molecular formula is C23H25NO5. The molecule has 2 aromatic carbocycles. The zero-order valence-electron chi connectivity index (χ0n) is 16.6.